The predicted octanol–water partition coefficient (Wildman–Crippen LogP) is 0.723. The van der Waals surface area contributed by atoms with Crippen molar-refractivity contribution in [3.05, 3.63) is 24.0 Å². The van der Waals surface area contributed by atoms with E-state index < -0.39 is 17.9 Å². The van der Waals surface area contributed by atoms with Crippen LogP contribution >= 0.6 is 11.8 Å². The summed E-state index contributed by atoms with van der Waals surface area (Å²) >= 11 is 1.49. The van der Waals surface area contributed by atoms with Crippen molar-refractivity contribution in [3.63, 3.8) is 0 Å². The zero-order valence-corrected chi connectivity index (χ0v) is 10.6. The Balaban J connectivity index is 2.72. The molecule has 18 heavy (non-hydrogen) atoms. The molecule has 0 fully saturated rings. The van der Waals surface area contributed by atoms with E-state index in [1.165, 1.54) is 30.1 Å². The second kappa shape index (κ2) is 6.85. The smallest absolute Gasteiger partial charge is 0.326 e. The zero-order valence-electron chi connectivity index (χ0n) is 9.79. The summed E-state index contributed by atoms with van der Waals surface area (Å²) in [5.41, 5.74) is -0.173. The molecule has 1 amide bonds. The molecular formula is C11H14N2O4S. The fourth-order valence-electron chi connectivity index (χ4n) is 1.29. The van der Waals surface area contributed by atoms with Crippen LogP contribution in [-0.2, 0) is 4.79 Å². The molecule has 0 spiro atoms. The highest BCUT2D eigenvalue weighted by molar-refractivity contribution is 7.98. The molecule has 0 saturated heterocycles. The average molecular weight is 270 g/mol. The van der Waals surface area contributed by atoms with Crippen LogP contribution in [0, 0.1) is 0 Å². The standard InChI is InChI=1S/C11H14N2O4S/c1-18-6-4-7(11(16)17)13-10(15)9-8(14)3-2-5-12-9/h2-3,5,7,14H,4,6H2,1H3,(H,13,15)(H,16,17). The first-order chi connectivity index (χ1) is 8.56. The highest BCUT2D eigenvalue weighted by atomic mass is 32.2. The minimum atomic E-state index is -1.10. The minimum absolute atomic E-state index is 0.173. The third-order valence-corrected chi connectivity index (χ3v) is 2.86. The van der Waals surface area contributed by atoms with E-state index in [1.807, 2.05) is 6.26 Å². The van der Waals surface area contributed by atoms with Crippen molar-refractivity contribution in [2.45, 2.75) is 12.5 Å². The van der Waals surface area contributed by atoms with Crippen LogP contribution < -0.4 is 5.32 Å². The van der Waals surface area contributed by atoms with Crippen LogP contribution in [0.3, 0.4) is 0 Å². The third kappa shape index (κ3) is 3.92. The van der Waals surface area contributed by atoms with Gasteiger partial charge in [0.25, 0.3) is 5.91 Å². The molecular weight excluding hydrogens is 256 g/mol. The van der Waals surface area contributed by atoms with Gasteiger partial charge in [-0.15, -0.1) is 0 Å². The molecule has 1 atom stereocenters. The molecule has 1 aromatic heterocycles. The van der Waals surface area contributed by atoms with Gasteiger partial charge in [-0.1, -0.05) is 0 Å². The first kappa shape index (κ1) is 14.3. The number of rotatable bonds is 6. The van der Waals surface area contributed by atoms with Gasteiger partial charge in [0.05, 0.1) is 0 Å². The third-order valence-electron chi connectivity index (χ3n) is 2.22. The largest absolute Gasteiger partial charge is 0.505 e. The molecule has 3 N–H and O–H groups in total. The minimum Gasteiger partial charge on any atom is -0.505 e. The molecule has 6 nitrogen and oxygen atoms in total. The van der Waals surface area contributed by atoms with E-state index in [-0.39, 0.29) is 11.4 Å². The Morgan fingerprint density at radius 2 is 2.28 bits per heavy atom. The number of hydrogen-bond acceptors (Lipinski definition) is 5. The monoisotopic (exact) mass is 270 g/mol. The number of carboxylic acids is 1. The van der Waals surface area contributed by atoms with Crippen LogP contribution in [0.2, 0.25) is 0 Å². The Kier molecular flexibility index (Phi) is 5.44. The molecule has 0 bridgehead atoms. The van der Waals surface area contributed by atoms with Crippen molar-refractivity contribution in [1.82, 2.24) is 10.3 Å². The maximum Gasteiger partial charge on any atom is 0.326 e. The van der Waals surface area contributed by atoms with E-state index >= 15 is 0 Å². The normalized spacial score (nSPS) is 11.8. The average Bonchev–Trinajstić information content (AvgIpc) is 2.34. The van der Waals surface area contributed by atoms with Crippen molar-refractivity contribution < 1.29 is 19.8 Å². The van der Waals surface area contributed by atoms with Crippen molar-refractivity contribution in [2.24, 2.45) is 0 Å². The number of hydrogen-bond donors (Lipinski definition) is 3. The lowest BCUT2D eigenvalue weighted by atomic mass is 10.2. The van der Waals surface area contributed by atoms with Gasteiger partial charge in [-0.05, 0) is 30.6 Å². The van der Waals surface area contributed by atoms with Crippen molar-refractivity contribution in [1.29, 1.82) is 0 Å². The fraction of sp³-hybridized carbons (Fsp3) is 0.364. The van der Waals surface area contributed by atoms with Crippen molar-refractivity contribution in [2.75, 3.05) is 12.0 Å². The molecule has 1 aromatic rings. The molecule has 0 aliphatic carbocycles. The molecule has 0 aromatic carbocycles. The number of pyridine rings is 1. The van der Waals surface area contributed by atoms with Crippen LogP contribution in [0.25, 0.3) is 0 Å². The molecule has 1 unspecified atom stereocenters. The summed E-state index contributed by atoms with van der Waals surface area (Å²) in [6, 6.07) is 1.82. The second-order valence-corrected chi connectivity index (χ2v) is 4.50. The number of carbonyl (C=O) groups is 2. The molecule has 7 heteroatoms. The Hall–Kier alpha value is -1.76. The summed E-state index contributed by atoms with van der Waals surface area (Å²) in [6.45, 7) is 0. The van der Waals surface area contributed by atoms with Gasteiger partial charge in [0.2, 0.25) is 0 Å². The van der Waals surface area contributed by atoms with Crippen molar-refractivity contribution in [3.8, 4) is 5.75 Å². The summed E-state index contributed by atoms with van der Waals surface area (Å²) in [6.07, 6.45) is 3.52. The van der Waals surface area contributed by atoms with E-state index in [4.69, 9.17) is 5.11 Å². The van der Waals surface area contributed by atoms with E-state index in [2.05, 4.69) is 10.3 Å². The lowest BCUT2D eigenvalue weighted by Gasteiger charge is -2.13. The Morgan fingerprint density at radius 3 is 2.83 bits per heavy atom. The van der Waals surface area contributed by atoms with Gasteiger partial charge in [0.15, 0.2) is 5.69 Å². The number of aliphatic carboxylic acids is 1. The summed E-state index contributed by atoms with van der Waals surface area (Å²) in [5.74, 6) is -1.45. The fourth-order valence-corrected chi connectivity index (χ4v) is 1.76. The van der Waals surface area contributed by atoms with Crippen LogP contribution in [0.4, 0.5) is 0 Å². The molecule has 1 heterocycles. The Morgan fingerprint density at radius 1 is 1.56 bits per heavy atom. The van der Waals surface area contributed by atoms with Gasteiger partial charge in [-0.2, -0.15) is 11.8 Å². The molecule has 0 saturated carbocycles. The maximum atomic E-state index is 11.7. The molecule has 98 valence electrons. The van der Waals surface area contributed by atoms with E-state index in [0.29, 0.717) is 12.2 Å². The number of thioether (sulfide) groups is 1. The molecule has 0 radical (unpaired) electrons. The van der Waals surface area contributed by atoms with E-state index in [1.54, 1.807) is 0 Å². The molecule has 0 aliphatic heterocycles. The number of nitrogens with zero attached hydrogens (tertiary/aromatic N) is 1. The summed E-state index contributed by atoms with van der Waals surface area (Å²) in [4.78, 5) is 26.4. The van der Waals surface area contributed by atoms with Crippen molar-refractivity contribution >= 4 is 23.6 Å². The van der Waals surface area contributed by atoms with Crippen LogP contribution in [0.5, 0.6) is 5.75 Å². The Labute approximate surface area is 108 Å². The first-order valence-corrected chi connectivity index (χ1v) is 6.62. The zero-order chi connectivity index (χ0) is 13.5. The number of aromatic nitrogens is 1. The molecule has 1 rings (SSSR count). The van der Waals surface area contributed by atoms with Crippen LogP contribution in [-0.4, -0.2) is 45.1 Å². The quantitative estimate of drug-likeness (QED) is 0.704. The van der Waals surface area contributed by atoms with Crippen LogP contribution in [0.1, 0.15) is 16.9 Å². The van der Waals surface area contributed by atoms with Gasteiger partial charge in [-0.3, -0.25) is 4.79 Å². The van der Waals surface area contributed by atoms with E-state index in [9.17, 15) is 14.7 Å². The second-order valence-electron chi connectivity index (χ2n) is 3.52. The number of carbonyl (C=O) groups excluding carboxylic acids is 1. The lowest BCUT2D eigenvalue weighted by molar-refractivity contribution is -0.139. The van der Waals surface area contributed by atoms with Gasteiger partial charge < -0.3 is 15.5 Å². The number of amides is 1. The SMILES string of the molecule is CSCCC(NC(=O)c1ncccc1O)C(=O)O. The lowest BCUT2D eigenvalue weighted by Crippen LogP contribution is -2.41. The van der Waals surface area contributed by atoms with Crippen LogP contribution in [0.15, 0.2) is 18.3 Å². The number of carboxylic acid groups (broad SMARTS) is 1. The summed E-state index contributed by atoms with van der Waals surface area (Å²) in [7, 11) is 0. The summed E-state index contributed by atoms with van der Waals surface area (Å²) in [5, 5.41) is 20.7. The topological polar surface area (TPSA) is 99.5 Å². The number of aromatic hydroxyl groups is 1. The van der Waals surface area contributed by atoms with Gasteiger partial charge in [-0.25, -0.2) is 9.78 Å². The number of nitrogens with one attached hydrogen (secondary N) is 1. The molecule has 0 aliphatic rings. The van der Waals surface area contributed by atoms with Gasteiger partial charge in [0.1, 0.15) is 11.8 Å². The van der Waals surface area contributed by atoms with E-state index in [0.717, 1.165) is 0 Å². The highest BCUT2D eigenvalue weighted by Gasteiger charge is 2.22. The predicted molar refractivity (Wildman–Crippen MR) is 67.8 cm³/mol. The summed E-state index contributed by atoms with van der Waals surface area (Å²) < 4.78 is 0. The first-order valence-electron chi connectivity index (χ1n) is 5.23. The van der Waals surface area contributed by atoms with Gasteiger partial charge >= 0.3 is 5.97 Å². The van der Waals surface area contributed by atoms with Gasteiger partial charge in [0, 0.05) is 6.20 Å². The maximum absolute atomic E-state index is 11.7. The Bertz CT molecular complexity index is 439. The highest BCUT2D eigenvalue weighted by Crippen LogP contribution is 2.12.